The van der Waals surface area contributed by atoms with Crippen molar-refractivity contribution in [3.05, 3.63) is 0 Å². The summed E-state index contributed by atoms with van der Waals surface area (Å²) in [5.41, 5.74) is -0.825. The van der Waals surface area contributed by atoms with Crippen LogP contribution in [0.2, 0.25) is 0 Å². The number of rotatable bonds is 6. The largest absolute Gasteiger partial charge is 0.949 e. The molecule has 0 atom stereocenters. The molecule has 0 amide bonds. The Labute approximate surface area is 194 Å². The lowest BCUT2D eigenvalue weighted by Gasteiger charge is -2.28. The Morgan fingerprint density at radius 3 is 0.900 bits per heavy atom. The predicted molar refractivity (Wildman–Crippen MR) is 111 cm³/mol. The van der Waals surface area contributed by atoms with Gasteiger partial charge in [0.2, 0.25) is 0 Å². The quantitative estimate of drug-likeness (QED) is 0.537. The van der Waals surface area contributed by atoms with E-state index in [-0.39, 0.29) is 35.5 Å². The van der Waals surface area contributed by atoms with Crippen molar-refractivity contribution in [2.75, 3.05) is 0 Å². The highest BCUT2D eigenvalue weighted by molar-refractivity contribution is 6.68. The van der Waals surface area contributed by atoms with Gasteiger partial charge in [0.15, 0.2) is 0 Å². The molecular weight excluding hydrogens is 441 g/mol. The second-order valence-corrected chi connectivity index (χ2v) is 16.7. The fraction of sp³-hybridized carbons (Fsp3) is 0.833. The van der Waals surface area contributed by atoms with Crippen LogP contribution in [0.15, 0.2) is 0 Å². The molecule has 0 saturated carbocycles. The molecule has 30 heavy (non-hydrogen) atoms. The predicted octanol–water partition coefficient (Wildman–Crippen LogP) is 2.94. The van der Waals surface area contributed by atoms with Gasteiger partial charge in [-0.05, 0) is 16.2 Å². The summed E-state index contributed by atoms with van der Waals surface area (Å²) in [6.45, 7) is 17.1. The van der Waals surface area contributed by atoms with Gasteiger partial charge in [-0.25, -0.2) is 0 Å². The molecule has 0 spiro atoms. The van der Waals surface area contributed by atoms with E-state index < -0.39 is 63.4 Å². The van der Waals surface area contributed by atoms with Gasteiger partial charge in [-0.15, -0.1) is 0 Å². The van der Waals surface area contributed by atoms with E-state index in [9.17, 15) is 14.4 Å². The van der Waals surface area contributed by atoms with Crippen LogP contribution in [-0.4, -0.2) is 63.4 Å². The zero-order chi connectivity index (χ0) is 23.3. The minimum atomic E-state index is -3.02. The lowest BCUT2D eigenvalue weighted by atomic mass is 9.93. The molecule has 0 radical (unpaired) electrons. The van der Waals surface area contributed by atoms with Crippen molar-refractivity contribution in [1.29, 1.82) is 0 Å². The van der Waals surface area contributed by atoms with Crippen molar-refractivity contribution in [2.45, 2.75) is 81.6 Å². The Kier molecular flexibility index (Phi) is 10.4. The topological polar surface area (TPSA) is 107 Å². The third-order valence-electron chi connectivity index (χ3n) is 3.37. The molecule has 1 fully saturated rings. The van der Waals surface area contributed by atoms with Gasteiger partial charge in [0.25, 0.3) is 17.9 Å². The smallest absolute Gasteiger partial charge is 0.574 e. The molecule has 168 valence electrons. The van der Waals surface area contributed by atoms with Gasteiger partial charge in [0.05, 0.1) is 0 Å². The van der Waals surface area contributed by atoms with Crippen molar-refractivity contribution in [1.82, 2.24) is 0 Å². The second kappa shape index (κ2) is 11.2. The van der Waals surface area contributed by atoms with Crippen molar-refractivity contribution >= 4 is 63.4 Å². The summed E-state index contributed by atoms with van der Waals surface area (Å²) >= 11 is -9.06. The van der Waals surface area contributed by atoms with Crippen molar-refractivity contribution < 1.29 is 34.3 Å². The summed E-state index contributed by atoms with van der Waals surface area (Å²) in [7, 11) is 0. The van der Waals surface area contributed by atoms with Crippen LogP contribution in [0, 0.1) is 16.2 Å². The van der Waals surface area contributed by atoms with Crippen molar-refractivity contribution in [3.8, 4) is 0 Å². The first-order valence-electron chi connectivity index (χ1n) is 9.97. The molecule has 1 saturated heterocycles. The average molecular weight is 474 g/mol. The van der Waals surface area contributed by atoms with Gasteiger partial charge in [0.1, 0.15) is 0 Å². The Balaban J connectivity index is 2.81. The molecule has 0 bridgehead atoms. The first-order valence-corrected chi connectivity index (χ1v) is 14.2. The molecule has 12 heteroatoms. The summed E-state index contributed by atoms with van der Waals surface area (Å²) in [5.74, 6) is -1.45. The van der Waals surface area contributed by atoms with Crippen LogP contribution in [0.1, 0.15) is 81.6 Å². The lowest BCUT2D eigenvalue weighted by Crippen LogP contribution is -2.54. The van der Waals surface area contributed by atoms with E-state index in [0.29, 0.717) is 0 Å². The van der Waals surface area contributed by atoms with Crippen molar-refractivity contribution in [3.63, 3.8) is 0 Å². The van der Waals surface area contributed by atoms with Gasteiger partial charge in [-0.3, -0.25) is 14.4 Å². The molecule has 0 N–H and O–H groups in total. The molecule has 9 nitrogen and oxygen atoms in total. The minimum Gasteiger partial charge on any atom is -0.574 e. The van der Waals surface area contributed by atoms with Crippen LogP contribution >= 0.6 is 0 Å². The van der Waals surface area contributed by atoms with E-state index in [1.807, 2.05) is 62.3 Å². The molecule has 0 unspecified atom stereocenters. The highest BCUT2D eigenvalue weighted by Gasteiger charge is 2.62. The maximum absolute atomic E-state index is 12.2. The molecule has 1 aliphatic rings. The van der Waals surface area contributed by atoms with Crippen LogP contribution in [0.25, 0.3) is 0 Å². The second-order valence-electron chi connectivity index (χ2n) is 11.0. The lowest BCUT2D eigenvalue weighted by molar-refractivity contribution is -0.141. The van der Waals surface area contributed by atoms with Crippen LogP contribution in [-0.2, 0) is 34.3 Å². The Hall–Kier alpha value is -0.113. The molecule has 0 aromatic carbocycles. The maximum Gasteiger partial charge on any atom is 0.949 e. The zero-order valence-corrected chi connectivity index (χ0v) is 23.0. The fourth-order valence-electron chi connectivity index (χ4n) is 2.28. The van der Waals surface area contributed by atoms with Gasteiger partial charge >= 0.3 is 45.4 Å². The Morgan fingerprint density at radius 2 is 0.733 bits per heavy atom. The summed E-state index contributed by atoms with van der Waals surface area (Å²) in [4.78, 5) is 36.6. The summed E-state index contributed by atoms with van der Waals surface area (Å²) < 4.78 is 32.7. The Morgan fingerprint density at radius 1 is 0.533 bits per heavy atom. The minimum absolute atomic E-state index is 0.163. The van der Waals surface area contributed by atoms with Crippen LogP contribution in [0.5, 0.6) is 0 Å². The normalized spacial score (nSPS) is 15.7. The van der Waals surface area contributed by atoms with Gasteiger partial charge in [-0.2, -0.15) is 0 Å². The first-order chi connectivity index (χ1) is 13.4. The summed E-state index contributed by atoms with van der Waals surface area (Å²) in [6, 6.07) is 0. The van der Waals surface area contributed by atoms with E-state index in [4.69, 9.17) is 19.9 Å². The van der Waals surface area contributed by atoms with Gasteiger partial charge in [-0.1, -0.05) is 62.3 Å². The van der Waals surface area contributed by atoms with E-state index in [0.717, 1.165) is 0 Å². The van der Waals surface area contributed by atoms with E-state index in [2.05, 4.69) is 0 Å². The van der Waals surface area contributed by atoms with E-state index >= 15 is 0 Å². The summed E-state index contributed by atoms with van der Waals surface area (Å²) in [5, 5.41) is 0. The number of hydrogen-bond acceptors (Lipinski definition) is 9. The van der Waals surface area contributed by atoms with Crippen LogP contribution in [0.4, 0.5) is 0 Å². The van der Waals surface area contributed by atoms with E-state index in [1.54, 1.807) is 0 Å². The maximum atomic E-state index is 12.2. The molecular formula is C18H33Al3O9. The van der Waals surface area contributed by atoms with Crippen LogP contribution < -0.4 is 0 Å². The number of carbonyl (C=O) groups excluding carboxylic acids is 3. The fourth-order valence-corrected chi connectivity index (χ4v) is 9.19. The molecule has 1 rings (SSSR count). The first kappa shape index (κ1) is 27.9. The number of carbonyl (C=O) groups is 3. The SMILES string of the molecule is CC(C)(C)CC(=O)[O][Al]1[O][Al]([O]C(=O)CC(C)(C)C)[O][Al]([O]C(=O)CC(C)(C)C)[O]1. The van der Waals surface area contributed by atoms with Crippen LogP contribution in [0.3, 0.4) is 0 Å². The molecule has 0 aromatic heterocycles. The monoisotopic (exact) mass is 474 g/mol. The summed E-state index contributed by atoms with van der Waals surface area (Å²) in [6.07, 6.45) is 0.489. The van der Waals surface area contributed by atoms with Crippen molar-refractivity contribution in [2.24, 2.45) is 16.2 Å². The van der Waals surface area contributed by atoms with Gasteiger partial charge < -0.3 is 19.9 Å². The zero-order valence-electron chi connectivity index (χ0n) is 19.5. The highest BCUT2D eigenvalue weighted by atomic mass is 27.4. The Bertz CT molecular complexity index is 528. The third kappa shape index (κ3) is 13.3. The number of hydrogen-bond donors (Lipinski definition) is 0. The molecule has 0 aromatic rings. The van der Waals surface area contributed by atoms with Gasteiger partial charge in [0, 0.05) is 19.3 Å². The molecule has 1 aliphatic heterocycles. The molecule has 1 heterocycles. The standard InChI is InChI=1S/3C6H12O2.3Al.3O/c3*1-6(2,3)4-5(7)8;;;;;;/h3*4H2,1-3H3,(H,7,8);;;;;;/q;;;3*+1;;;/p-3. The molecule has 0 aliphatic carbocycles. The average Bonchev–Trinajstić information content (AvgIpc) is 2.39. The highest BCUT2D eigenvalue weighted by Crippen LogP contribution is 2.23. The third-order valence-corrected chi connectivity index (χ3v) is 10.1. The van der Waals surface area contributed by atoms with E-state index in [1.165, 1.54) is 0 Å².